The Balaban J connectivity index is -0.000000249. The van der Waals surface area contributed by atoms with Gasteiger partial charge in [-0.3, -0.25) is 0 Å². The second-order valence-electron chi connectivity index (χ2n) is 2.70. The minimum atomic E-state index is 0. The van der Waals surface area contributed by atoms with E-state index in [0.29, 0.717) is 6.04 Å². The van der Waals surface area contributed by atoms with Gasteiger partial charge in [-0.1, -0.05) is 27.2 Å². The fraction of sp³-hybridized carbons (Fsp3) is 1.00. The molecule has 0 fully saturated rings. The standard InChI is InChI=1S/C7H17N2.C2H6.Rb/c1-7(8-2)5-6-9(3)4;1-2;/h7H,5-6H2,1-4H3;1-2H3;/q-1;;+1. The van der Waals surface area contributed by atoms with Crippen molar-refractivity contribution < 1.29 is 58.2 Å². The summed E-state index contributed by atoms with van der Waals surface area (Å²) >= 11 is 0. The van der Waals surface area contributed by atoms with E-state index in [-0.39, 0.29) is 58.2 Å². The van der Waals surface area contributed by atoms with Crippen molar-refractivity contribution in [2.24, 2.45) is 0 Å². The second-order valence-corrected chi connectivity index (χ2v) is 2.70. The van der Waals surface area contributed by atoms with E-state index in [1.54, 1.807) is 0 Å². The molecule has 0 rings (SSSR count). The third kappa shape index (κ3) is 17.7. The van der Waals surface area contributed by atoms with E-state index < -0.39 is 0 Å². The fourth-order valence-corrected chi connectivity index (χ4v) is 0.574. The Morgan fingerprint density at radius 2 is 1.67 bits per heavy atom. The van der Waals surface area contributed by atoms with Gasteiger partial charge in [-0.2, -0.15) is 7.05 Å². The van der Waals surface area contributed by atoms with Crippen LogP contribution in [0.4, 0.5) is 0 Å². The van der Waals surface area contributed by atoms with Crippen LogP contribution in [-0.4, -0.2) is 38.6 Å². The summed E-state index contributed by atoms with van der Waals surface area (Å²) in [5.41, 5.74) is 0. The summed E-state index contributed by atoms with van der Waals surface area (Å²) in [5, 5.41) is 4.13. The van der Waals surface area contributed by atoms with Crippen molar-refractivity contribution in [3.05, 3.63) is 5.32 Å². The first-order valence-electron chi connectivity index (χ1n) is 4.40. The van der Waals surface area contributed by atoms with Gasteiger partial charge in [-0.05, 0) is 20.6 Å². The van der Waals surface area contributed by atoms with Crippen LogP contribution in [0.25, 0.3) is 5.32 Å². The smallest absolute Gasteiger partial charge is 0.662 e. The van der Waals surface area contributed by atoms with Gasteiger partial charge < -0.3 is 10.2 Å². The molecule has 12 heavy (non-hydrogen) atoms. The maximum Gasteiger partial charge on any atom is 1.00 e. The Morgan fingerprint density at radius 1 is 1.25 bits per heavy atom. The molecule has 0 bridgehead atoms. The van der Waals surface area contributed by atoms with Crippen molar-refractivity contribution in [2.45, 2.75) is 33.2 Å². The van der Waals surface area contributed by atoms with Crippen LogP contribution in [0.15, 0.2) is 0 Å². The predicted molar refractivity (Wildman–Crippen MR) is 53.3 cm³/mol. The average Bonchev–Trinajstić information content (AvgIpc) is 2.04. The summed E-state index contributed by atoms with van der Waals surface area (Å²) in [6.07, 6.45) is 1.17. The van der Waals surface area contributed by atoms with Gasteiger partial charge in [-0.15, -0.1) is 6.04 Å². The van der Waals surface area contributed by atoms with E-state index >= 15 is 0 Å². The van der Waals surface area contributed by atoms with Crippen molar-refractivity contribution in [3.8, 4) is 0 Å². The quantitative estimate of drug-likeness (QED) is 0.643. The Morgan fingerprint density at radius 3 is 1.92 bits per heavy atom. The van der Waals surface area contributed by atoms with Gasteiger partial charge in [0.1, 0.15) is 0 Å². The van der Waals surface area contributed by atoms with Crippen molar-refractivity contribution in [1.29, 1.82) is 0 Å². The van der Waals surface area contributed by atoms with E-state index in [2.05, 4.69) is 31.2 Å². The summed E-state index contributed by atoms with van der Waals surface area (Å²) < 4.78 is 0. The summed E-state index contributed by atoms with van der Waals surface area (Å²) in [7, 11) is 6.05. The molecule has 0 aliphatic rings. The Bertz CT molecular complexity index is 67.5. The minimum absolute atomic E-state index is 0. The molecule has 0 aliphatic heterocycles. The first-order valence-corrected chi connectivity index (χ1v) is 4.40. The van der Waals surface area contributed by atoms with E-state index in [9.17, 15) is 0 Å². The molecule has 0 saturated heterocycles. The molecule has 0 spiro atoms. The van der Waals surface area contributed by atoms with Crippen LogP contribution in [0.2, 0.25) is 0 Å². The van der Waals surface area contributed by atoms with Crippen molar-refractivity contribution in [1.82, 2.24) is 4.90 Å². The van der Waals surface area contributed by atoms with Crippen molar-refractivity contribution in [3.63, 3.8) is 0 Å². The molecule has 3 heteroatoms. The molecule has 1 unspecified atom stereocenters. The normalized spacial score (nSPS) is 11.2. The van der Waals surface area contributed by atoms with Gasteiger partial charge in [0, 0.05) is 0 Å². The Labute approximate surface area is 127 Å². The monoisotopic (exact) mass is 244 g/mol. The summed E-state index contributed by atoms with van der Waals surface area (Å²) in [6, 6.07) is 0.521. The Kier molecular flexibility index (Phi) is 24.5. The molecular formula is C9H23N2Rb. The molecule has 0 amide bonds. The van der Waals surface area contributed by atoms with E-state index in [1.165, 1.54) is 6.42 Å². The largest absolute Gasteiger partial charge is 1.00 e. The molecule has 0 aromatic rings. The van der Waals surface area contributed by atoms with Crippen LogP contribution in [0.3, 0.4) is 0 Å². The Hall–Kier alpha value is 1.73. The zero-order valence-electron chi connectivity index (χ0n) is 9.89. The molecule has 0 radical (unpaired) electrons. The fourth-order valence-electron chi connectivity index (χ4n) is 0.574. The number of hydrogen-bond donors (Lipinski definition) is 0. The van der Waals surface area contributed by atoms with Gasteiger partial charge in [0.2, 0.25) is 0 Å². The molecule has 0 heterocycles. The van der Waals surface area contributed by atoms with E-state index in [0.717, 1.165) is 6.54 Å². The summed E-state index contributed by atoms with van der Waals surface area (Å²) in [6.45, 7) is 7.28. The maximum atomic E-state index is 4.13. The van der Waals surface area contributed by atoms with Crippen LogP contribution < -0.4 is 58.2 Å². The maximum absolute atomic E-state index is 4.13. The number of rotatable bonds is 4. The second kappa shape index (κ2) is 15.2. The third-order valence-electron chi connectivity index (χ3n) is 1.43. The van der Waals surface area contributed by atoms with Gasteiger partial charge in [0.15, 0.2) is 0 Å². The molecule has 2 nitrogen and oxygen atoms in total. The van der Waals surface area contributed by atoms with E-state index in [1.807, 2.05) is 20.9 Å². The number of hydrogen-bond acceptors (Lipinski definition) is 1. The SMILES string of the molecule is CC.C[N-]C(C)CCN(C)C.[Rb+]. The molecule has 0 saturated carbocycles. The van der Waals surface area contributed by atoms with E-state index in [4.69, 9.17) is 0 Å². The molecule has 70 valence electrons. The molecule has 0 aromatic carbocycles. The van der Waals surface area contributed by atoms with Gasteiger partial charge >= 0.3 is 58.2 Å². The van der Waals surface area contributed by atoms with Gasteiger partial charge in [-0.25, -0.2) is 0 Å². The molecule has 0 aromatic heterocycles. The van der Waals surface area contributed by atoms with Crippen LogP contribution in [0, 0.1) is 0 Å². The van der Waals surface area contributed by atoms with Crippen LogP contribution >= 0.6 is 0 Å². The molecule has 0 aliphatic carbocycles. The van der Waals surface area contributed by atoms with Crippen molar-refractivity contribution >= 4 is 0 Å². The first kappa shape index (κ1) is 19.3. The molecule has 0 N–H and O–H groups in total. The summed E-state index contributed by atoms with van der Waals surface area (Å²) in [4.78, 5) is 2.18. The van der Waals surface area contributed by atoms with Crippen molar-refractivity contribution in [2.75, 3.05) is 27.7 Å². The zero-order chi connectivity index (χ0) is 9.28. The molecule has 1 atom stereocenters. The zero-order valence-corrected chi connectivity index (χ0v) is 14.8. The third-order valence-corrected chi connectivity index (χ3v) is 1.43. The van der Waals surface area contributed by atoms with Gasteiger partial charge in [0.25, 0.3) is 0 Å². The van der Waals surface area contributed by atoms with Crippen LogP contribution in [0.1, 0.15) is 27.2 Å². The predicted octanol–water partition coefficient (Wildman–Crippen LogP) is -0.640. The van der Waals surface area contributed by atoms with Gasteiger partial charge in [0.05, 0.1) is 0 Å². The average molecular weight is 245 g/mol. The van der Waals surface area contributed by atoms with Crippen LogP contribution in [0.5, 0.6) is 0 Å². The minimum Gasteiger partial charge on any atom is -0.662 e. The number of nitrogens with zero attached hydrogens (tertiary/aromatic N) is 2. The first-order chi connectivity index (χ1) is 5.16. The summed E-state index contributed by atoms with van der Waals surface area (Å²) in [5.74, 6) is 0. The molecular weight excluding hydrogens is 222 g/mol. The van der Waals surface area contributed by atoms with Crippen LogP contribution in [-0.2, 0) is 0 Å². The topological polar surface area (TPSA) is 17.3 Å².